The normalized spacial score (nSPS) is 15.2. The molecule has 3 heteroatoms. The van der Waals surface area contributed by atoms with Crippen molar-refractivity contribution in [3.8, 4) is 0 Å². The minimum atomic E-state index is 0.222. The van der Waals surface area contributed by atoms with Crippen LogP contribution >= 0.6 is 15.9 Å². The minimum absolute atomic E-state index is 0.222. The van der Waals surface area contributed by atoms with Crippen molar-refractivity contribution in [3.05, 3.63) is 28.0 Å². The second-order valence-electron chi connectivity index (χ2n) is 2.59. The third-order valence-corrected chi connectivity index (χ3v) is 2.31. The molecule has 0 N–H and O–H groups in total. The summed E-state index contributed by atoms with van der Waals surface area (Å²) in [6.07, 6.45) is 3.16. The largest absolute Gasteiger partial charge is 0.294 e. The van der Waals surface area contributed by atoms with E-state index in [0.717, 1.165) is 22.2 Å². The lowest BCUT2D eigenvalue weighted by Gasteiger charge is -1.95. The highest BCUT2D eigenvalue weighted by atomic mass is 79.9. The van der Waals surface area contributed by atoms with Crippen molar-refractivity contribution < 1.29 is 4.79 Å². The van der Waals surface area contributed by atoms with Crippen LogP contribution in [0.25, 0.3) is 0 Å². The summed E-state index contributed by atoms with van der Waals surface area (Å²) in [4.78, 5) is 15.1. The molecule has 11 heavy (non-hydrogen) atoms. The molecular formula is C8H6BrNO. The Balaban J connectivity index is 2.59. The third kappa shape index (κ3) is 1.09. The van der Waals surface area contributed by atoms with Crippen LogP contribution in [0.15, 0.2) is 16.9 Å². The highest BCUT2D eigenvalue weighted by Crippen LogP contribution is 2.22. The standard InChI is InChI=1S/C8H6BrNO/c9-8-3-5-1-2-7(11)6(5)4-10-8/h3-4H,1-2H2. The van der Waals surface area contributed by atoms with E-state index < -0.39 is 0 Å². The predicted molar refractivity (Wildman–Crippen MR) is 44.6 cm³/mol. The molecule has 2 rings (SSSR count). The summed E-state index contributed by atoms with van der Waals surface area (Å²) in [5.74, 6) is 0.222. The molecule has 0 fully saturated rings. The van der Waals surface area contributed by atoms with E-state index in [4.69, 9.17) is 0 Å². The Hall–Kier alpha value is -0.700. The molecule has 0 amide bonds. The number of nitrogens with zero attached hydrogens (tertiary/aromatic N) is 1. The van der Waals surface area contributed by atoms with Crippen LogP contribution in [-0.2, 0) is 6.42 Å². The van der Waals surface area contributed by atoms with Gasteiger partial charge >= 0.3 is 0 Å². The molecule has 1 aliphatic rings. The summed E-state index contributed by atoms with van der Waals surface area (Å²) in [6.45, 7) is 0. The van der Waals surface area contributed by atoms with Crippen molar-refractivity contribution in [2.24, 2.45) is 0 Å². The van der Waals surface area contributed by atoms with E-state index in [2.05, 4.69) is 20.9 Å². The molecule has 0 radical (unpaired) electrons. The molecular weight excluding hydrogens is 206 g/mol. The molecule has 0 aromatic carbocycles. The average molecular weight is 212 g/mol. The molecule has 1 aromatic heterocycles. The van der Waals surface area contributed by atoms with Gasteiger partial charge in [-0.1, -0.05) is 0 Å². The Bertz CT molecular complexity index is 322. The predicted octanol–water partition coefficient (Wildman–Crippen LogP) is 1.97. The molecule has 56 valence electrons. The van der Waals surface area contributed by atoms with Crippen molar-refractivity contribution >= 4 is 21.7 Å². The Morgan fingerprint density at radius 3 is 3.09 bits per heavy atom. The van der Waals surface area contributed by atoms with E-state index in [-0.39, 0.29) is 5.78 Å². The molecule has 1 heterocycles. The zero-order valence-electron chi connectivity index (χ0n) is 5.80. The number of aromatic nitrogens is 1. The number of Topliss-reactive ketones (excluding diaryl/α,β-unsaturated/α-hetero) is 1. The van der Waals surface area contributed by atoms with Crippen LogP contribution < -0.4 is 0 Å². The number of fused-ring (bicyclic) bond motifs is 1. The summed E-state index contributed by atoms with van der Waals surface area (Å²) in [5, 5.41) is 0. The smallest absolute Gasteiger partial charge is 0.165 e. The number of pyridine rings is 1. The number of carbonyl (C=O) groups is 1. The minimum Gasteiger partial charge on any atom is -0.294 e. The van der Waals surface area contributed by atoms with Crippen molar-refractivity contribution in [2.45, 2.75) is 12.8 Å². The molecule has 0 saturated carbocycles. The zero-order valence-corrected chi connectivity index (χ0v) is 7.39. The third-order valence-electron chi connectivity index (χ3n) is 1.88. The van der Waals surface area contributed by atoms with Gasteiger partial charge in [0.2, 0.25) is 0 Å². The van der Waals surface area contributed by atoms with Crippen LogP contribution in [0, 0.1) is 0 Å². The van der Waals surface area contributed by atoms with Crippen molar-refractivity contribution in [1.82, 2.24) is 4.98 Å². The molecule has 0 spiro atoms. The summed E-state index contributed by atoms with van der Waals surface area (Å²) in [7, 11) is 0. The summed E-state index contributed by atoms with van der Waals surface area (Å²) < 4.78 is 0.811. The van der Waals surface area contributed by atoms with Gasteiger partial charge in [-0.25, -0.2) is 4.98 Å². The van der Waals surface area contributed by atoms with E-state index in [1.165, 1.54) is 0 Å². The lowest BCUT2D eigenvalue weighted by molar-refractivity contribution is 0.0994. The van der Waals surface area contributed by atoms with Gasteiger partial charge in [-0.3, -0.25) is 4.79 Å². The fourth-order valence-electron chi connectivity index (χ4n) is 1.31. The lowest BCUT2D eigenvalue weighted by atomic mass is 10.2. The molecule has 0 unspecified atom stereocenters. The van der Waals surface area contributed by atoms with E-state index in [1.54, 1.807) is 6.20 Å². The molecule has 0 atom stereocenters. The number of ketones is 1. The van der Waals surface area contributed by atoms with Gasteiger partial charge in [-0.15, -0.1) is 0 Å². The summed E-state index contributed by atoms with van der Waals surface area (Å²) in [5.41, 5.74) is 1.92. The summed E-state index contributed by atoms with van der Waals surface area (Å²) >= 11 is 3.26. The number of hydrogen-bond donors (Lipinski definition) is 0. The van der Waals surface area contributed by atoms with E-state index in [0.29, 0.717) is 6.42 Å². The Morgan fingerprint density at radius 2 is 2.27 bits per heavy atom. The van der Waals surface area contributed by atoms with Gasteiger partial charge in [0.05, 0.1) is 0 Å². The molecule has 1 aliphatic carbocycles. The highest BCUT2D eigenvalue weighted by molar-refractivity contribution is 9.10. The number of halogens is 1. The highest BCUT2D eigenvalue weighted by Gasteiger charge is 2.19. The van der Waals surface area contributed by atoms with Crippen molar-refractivity contribution in [1.29, 1.82) is 0 Å². The second kappa shape index (κ2) is 2.41. The second-order valence-corrected chi connectivity index (χ2v) is 3.40. The van der Waals surface area contributed by atoms with Gasteiger partial charge in [0, 0.05) is 18.2 Å². The summed E-state index contributed by atoms with van der Waals surface area (Å²) in [6, 6.07) is 1.92. The number of aryl methyl sites for hydroxylation is 1. The van der Waals surface area contributed by atoms with Crippen LogP contribution in [0.4, 0.5) is 0 Å². The van der Waals surface area contributed by atoms with Crippen LogP contribution in [0.2, 0.25) is 0 Å². The molecule has 0 saturated heterocycles. The van der Waals surface area contributed by atoms with Gasteiger partial charge < -0.3 is 0 Å². The zero-order chi connectivity index (χ0) is 7.84. The van der Waals surface area contributed by atoms with E-state index >= 15 is 0 Å². The molecule has 0 aliphatic heterocycles. The lowest BCUT2D eigenvalue weighted by Crippen LogP contribution is -1.91. The first-order valence-electron chi connectivity index (χ1n) is 3.45. The van der Waals surface area contributed by atoms with Gasteiger partial charge in [-0.05, 0) is 34.0 Å². The van der Waals surface area contributed by atoms with Crippen molar-refractivity contribution in [3.63, 3.8) is 0 Å². The number of rotatable bonds is 0. The van der Waals surface area contributed by atoms with Crippen molar-refractivity contribution in [2.75, 3.05) is 0 Å². The SMILES string of the molecule is O=C1CCc2cc(Br)ncc21. The first-order chi connectivity index (χ1) is 5.27. The van der Waals surface area contributed by atoms with E-state index in [9.17, 15) is 4.79 Å². The van der Waals surface area contributed by atoms with Crippen LogP contribution in [0.5, 0.6) is 0 Å². The maximum absolute atomic E-state index is 11.1. The van der Waals surface area contributed by atoms with Crippen LogP contribution in [-0.4, -0.2) is 10.8 Å². The van der Waals surface area contributed by atoms with Gasteiger partial charge in [0.1, 0.15) is 4.60 Å². The average Bonchev–Trinajstić information content (AvgIpc) is 2.32. The molecule has 1 aromatic rings. The van der Waals surface area contributed by atoms with Gasteiger partial charge in [0.15, 0.2) is 5.78 Å². The van der Waals surface area contributed by atoms with Gasteiger partial charge in [-0.2, -0.15) is 0 Å². The first-order valence-corrected chi connectivity index (χ1v) is 4.24. The monoisotopic (exact) mass is 211 g/mol. The first kappa shape index (κ1) is 6.98. The number of hydrogen-bond acceptors (Lipinski definition) is 2. The van der Waals surface area contributed by atoms with Crippen LogP contribution in [0.1, 0.15) is 22.3 Å². The fraction of sp³-hybridized carbons (Fsp3) is 0.250. The maximum Gasteiger partial charge on any atom is 0.165 e. The topological polar surface area (TPSA) is 30.0 Å². The quantitative estimate of drug-likeness (QED) is 0.615. The Labute approximate surface area is 72.8 Å². The Morgan fingerprint density at radius 1 is 1.45 bits per heavy atom. The fourth-order valence-corrected chi connectivity index (χ4v) is 1.69. The van der Waals surface area contributed by atoms with E-state index in [1.807, 2.05) is 6.07 Å². The van der Waals surface area contributed by atoms with Crippen LogP contribution in [0.3, 0.4) is 0 Å². The molecule has 2 nitrogen and oxygen atoms in total. The number of carbonyl (C=O) groups excluding carboxylic acids is 1. The Kier molecular flexibility index (Phi) is 1.53. The van der Waals surface area contributed by atoms with Gasteiger partial charge in [0.25, 0.3) is 0 Å². The molecule has 0 bridgehead atoms. The maximum atomic E-state index is 11.1.